The Hall–Kier alpha value is -3.27. The number of fused-ring (bicyclic) bond motifs is 2. The third-order valence-electron chi connectivity index (χ3n) is 6.43. The van der Waals surface area contributed by atoms with Crippen molar-refractivity contribution >= 4 is 28.7 Å². The number of allylic oxidation sites excluding steroid dienone is 1. The van der Waals surface area contributed by atoms with Crippen LogP contribution in [0.4, 0.5) is 4.39 Å². The molecule has 4 rings (SSSR count). The van der Waals surface area contributed by atoms with Gasteiger partial charge in [0.05, 0.1) is 18.7 Å². The summed E-state index contributed by atoms with van der Waals surface area (Å²) < 4.78 is 15.2. The van der Waals surface area contributed by atoms with Crippen LogP contribution in [0.15, 0.2) is 35.7 Å². The van der Waals surface area contributed by atoms with E-state index in [0.29, 0.717) is 29.3 Å². The molecule has 0 bridgehead atoms. The molecule has 1 aliphatic carbocycles. The molecule has 1 aromatic carbocycles. The Labute approximate surface area is 183 Å². The van der Waals surface area contributed by atoms with E-state index in [-0.39, 0.29) is 31.4 Å². The highest BCUT2D eigenvalue weighted by atomic mass is 19.1. The number of carbonyl (C=O) groups excluding carboxylic acids is 2. The van der Waals surface area contributed by atoms with Crippen molar-refractivity contribution < 1.29 is 29.0 Å². The van der Waals surface area contributed by atoms with Gasteiger partial charge in [-0.1, -0.05) is 18.2 Å². The summed E-state index contributed by atoms with van der Waals surface area (Å²) in [6.45, 7) is 2.53. The zero-order valence-corrected chi connectivity index (χ0v) is 17.8. The van der Waals surface area contributed by atoms with Crippen molar-refractivity contribution in [1.29, 1.82) is 0 Å². The number of likely N-dealkylation sites (tertiary alicyclic amines) is 1. The third-order valence-corrected chi connectivity index (χ3v) is 6.43. The molecule has 3 N–H and O–H groups in total. The van der Waals surface area contributed by atoms with Crippen molar-refractivity contribution in [1.82, 2.24) is 20.0 Å². The fraction of sp³-hybridized carbons (Fsp3) is 0.455. The number of halogens is 1. The SMILES string of the molecule is CC(C)=C(F)CNC(=O)[C@@H]1C[C@@]2(CO)C[C@H]2N1C(=O)Cn1nc(C(=O)O)c2ccccc21. The number of hydrogen-bond donors (Lipinski definition) is 3. The first-order valence-corrected chi connectivity index (χ1v) is 10.4. The van der Waals surface area contributed by atoms with E-state index in [0.717, 1.165) is 0 Å². The lowest BCUT2D eigenvalue weighted by atomic mass is 10.0. The number of benzene rings is 1. The van der Waals surface area contributed by atoms with Gasteiger partial charge < -0.3 is 20.4 Å². The number of amides is 2. The summed E-state index contributed by atoms with van der Waals surface area (Å²) in [5.74, 6) is -2.53. The molecule has 0 radical (unpaired) electrons. The smallest absolute Gasteiger partial charge is 0.357 e. The number of aliphatic hydroxyl groups excluding tert-OH is 1. The van der Waals surface area contributed by atoms with Gasteiger partial charge in [0.2, 0.25) is 11.8 Å². The summed E-state index contributed by atoms with van der Waals surface area (Å²) >= 11 is 0. The average Bonchev–Trinajstić information content (AvgIpc) is 3.19. The molecule has 2 aromatic rings. The summed E-state index contributed by atoms with van der Waals surface area (Å²) in [5, 5.41) is 26.3. The van der Waals surface area contributed by atoms with Crippen molar-refractivity contribution in [2.75, 3.05) is 13.2 Å². The lowest BCUT2D eigenvalue weighted by molar-refractivity contribution is -0.140. The largest absolute Gasteiger partial charge is 0.476 e. The van der Waals surface area contributed by atoms with Crippen molar-refractivity contribution in [2.24, 2.45) is 5.41 Å². The van der Waals surface area contributed by atoms with E-state index < -0.39 is 35.1 Å². The first-order chi connectivity index (χ1) is 15.2. The topological polar surface area (TPSA) is 125 Å². The van der Waals surface area contributed by atoms with Gasteiger partial charge in [-0.15, -0.1) is 0 Å². The molecule has 0 spiro atoms. The zero-order valence-electron chi connectivity index (χ0n) is 17.8. The third kappa shape index (κ3) is 3.64. The Morgan fingerprint density at radius 3 is 2.62 bits per heavy atom. The highest BCUT2D eigenvalue weighted by Gasteiger charge is 2.66. The minimum Gasteiger partial charge on any atom is -0.476 e. The lowest BCUT2D eigenvalue weighted by Gasteiger charge is -2.27. The molecule has 2 amide bonds. The highest BCUT2D eigenvalue weighted by molar-refractivity contribution is 6.01. The number of rotatable bonds is 7. The van der Waals surface area contributed by atoms with Crippen molar-refractivity contribution in [3.8, 4) is 0 Å². The minimum absolute atomic E-state index is 0.151. The number of aromatic carboxylic acids is 1. The number of aromatic nitrogens is 2. The van der Waals surface area contributed by atoms with Crippen LogP contribution in [-0.4, -0.2) is 67.9 Å². The van der Waals surface area contributed by atoms with Gasteiger partial charge in [0, 0.05) is 16.8 Å². The second-order valence-electron chi connectivity index (χ2n) is 8.71. The van der Waals surface area contributed by atoms with E-state index in [9.17, 15) is 29.0 Å². The Balaban J connectivity index is 1.58. The number of aliphatic hydroxyl groups is 1. The maximum atomic E-state index is 13.8. The Kier molecular flexibility index (Phi) is 5.49. The van der Waals surface area contributed by atoms with Gasteiger partial charge in [-0.05, 0) is 38.3 Å². The summed E-state index contributed by atoms with van der Waals surface area (Å²) in [7, 11) is 0. The van der Waals surface area contributed by atoms with E-state index >= 15 is 0 Å². The van der Waals surface area contributed by atoms with Crippen LogP contribution in [0.1, 0.15) is 37.2 Å². The van der Waals surface area contributed by atoms with Gasteiger partial charge in [0.15, 0.2) is 5.69 Å². The Morgan fingerprint density at radius 1 is 1.25 bits per heavy atom. The second-order valence-corrected chi connectivity index (χ2v) is 8.71. The number of hydrogen-bond acceptors (Lipinski definition) is 5. The van der Waals surface area contributed by atoms with E-state index in [2.05, 4.69) is 10.4 Å². The maximum Gasteiger partial charge on any atom is 0.357 e. The fourth-order valence-corrected chi connectivity index (χ4v) is 4.52. The zero-order chi connectivity index (χ0) is 23.2. The molecule has 2 aliphatic rings. The average molecular weight is 444 g/mol. The van der Waals surface area contributed by atoms with Gasteiger partial charge in [0.25, 0.3) is 0 Å². The number of carbonyl (C=O) groups is 3. The van der Waals surface area contributed by atoms with Crippen LogP contribution in [0.2, 0.25) is 0 Å². The van der Waals surface area contributed by atoms with Crippen LogP contribution < -0.4 is 5.32 Å². The molecule has 32 heavy (non-hydrogen) atoms. The first-order valence-electron chi connectivity index (χ1n) is 10.4. The first kappa shape index (κ1) is 21.9. The lowest BCUT2D eigenvalue weighted by Crippen LogP contribution is -2.49. The van der Waals surface area contributed by atoms with Crippen LogP contribution in [-0.2, 0) is 16.1 Å². The highest BCUT2D eigenvalue weighted by Crippen LogP contribution is 2.59. The van der Waals surface area contributed by atoms with E-state index in [1.807, 2.05) is 0 Å². The van der Waals surface area contributed by atoms with E-state index in [1.54, 1.807) is 38.1 Å². The molecule has 3 atom stereocenters. The van der Waals surface area contributed by atoms with Crippen LogP contribution in [0.25, 0.3) is 10.9 Å². The van der Waals surface area contributed by atoms with Crippen molar-refractivity contribution in [3.63, 3.8) is 0 Å². The van der Waals surface area contributed by atoms with Gasteiger partial charge in [0.1, 0.15) is 18.4 Å². The minimum atomic E-state index is -1.20. The molecule has 9 nitrogen and oxygen atoms in total. The van der Waals surface area contributed by atoms with Crippen LogP contribution in [0.3, 0.4) is 0 Å². The molecule has 10 heteroatoms. The van der Waals surface area contributed by atoms with Crippen molar-refractivity contribution in [2.45, 2.75) is 45.3 Å². The van der Waals surface area contributed by atoms with Crippen LogP contribution >= 0.6 is 0 Å². The normalized spacial score (nSPS) is 23.7. The van der Waals surface area contributed by atoms with Gasteiger partial charge in [-0.2, -0.15) is 5.10 Å². The van der Waals surface area contributed by atoms with Crippen molar-refractivity contribution in [3.05, 3.63) is 41.4 Å². The number of carboxylic acids is 1. The molecular formula is C22H25FN4O5. The number of nitrogens with zero attached hydrogens (tertiary/aromatic N) is 3. The fourth-order valence-electron chi connectivity index (χ4n) is 4.52. The molecule has 1 saturated carbocycles. The van der Waals surface area contributed by atoms with Gasteiger partial charge >= 0.3 is 5.97 Å². The molecular weight excluding hydrogens is 419 g/mol. The summed E-state index contributed by atoms with van der Waals surface area (Å²) in [5.41, 5.74) is 0.273. The Bertz CT molecular complexity index is 1140. The number of piperidine rings is 1. The molecule has 2 heterocycles. The summed E-state index contributed by atoms with van der Waals surface area (Å²) in [6.07, 6.45) is 0.879. The maximum absolute atomic E-state index is 13.8. The number of nitrogens with one attached hydrogen (secondary N) is 1. The predicted octanol–water partition coefficient (Wildman–Crippen LogP) is 1.47. The van der Waals surface area contributed by atoms with Crippen LogP contribution in [0.5, 0.6) is 0 Å². The molecule has 0 unspecified atom stereocenters. The monoisotopic (exact) mass is 444 g/mol. The molecule has 170 valence electrons. The molecule has 1 aromatic heterocycles. The Morgan fingerprint density at radius 2 is 1.97 bits per heavy atom. The number of carboxylic acid groups (broad SMARTS) is 1. The quantitative estimate of drug-likeness (QED) is 0.594. The summed E-state index contributed by atoms with van der Waals surface area (Å²) in [6, 6.07) is 5.58. The van der Waals surface area contributed by atoms with E-state index in [4.69, 9.17) is 0 Å². The van der Waals surface area contributed by atoms with Crippen LogP contribution in [0, 0.1) is 5.41 Å². The standard InChI is InChI=1S/C22H25FN4O5/c1-12(2)14(23)9-24-20(30)16-7-22(11-28)8-17(22)27(16)18(29)10-26-15-6-4-3-5-13(15)19(25-26)21(31)32/h3-6,16-17,28H,7-11H2,1-2H3,(H,24,30)(H,31,32)/t16-,17+,22-/m0/s1. The predicted molar refractivity (Wildman–Crippen MR) is 112 cm³/mol. The molecule has 1 saturated heterocycles. The van der Waals surface area contributed by atoms with Gasteiger partial charge in [-0.25, -0.2) is 9.18 Å². The number of para-hydroxylation sites is 1. The molecule has 2 fully saturated rings. The van der Waals surface area contributed by atoms with Gasteiger partial charge in [-0.3, -0.25) is 14.3 Å². The second kappa shape index (κ2) is 8.01. The summed E-state index contributed by atoms with van der Waals surface area (Å²) in [4.78, 5) is 39.0. The molecule has 1 aliphatic heterocycles. The van der Waals surface area contributed by atoms with E-state index in [1.165, 1.54) is 9.58 Å².